The van der Waals surface area contributed by atoms with Crippen LogP contribution in [0, 0.1) is 3.57 Å². The topological polar surface area (TPSA) is 32.6 Å². The molecule has 2 aromatic rings. The molecule has 0 atom stereocenters. The van der Waals surface area contributed by atoms with E-state index in [0.29, 0.717) is 0 Å². The van der Waals surface area contributed by atoms with E-state index in [-0.39, 0.29) is 5.75 Å². The van der Waals surface area contributed by atoms with E-state index in [4.69, 9.17) is 0 Å². The molecule has 0 saturated carbocycles. The van der Waals surface area contributed by atoms with E-state index in [1.54, 1.807) is 12.3 Å². The first kappa shape index (κ1) is 13.1. The lowest BCUT2D eigenvalue weighted by Crippen LogP contribution is -1.85. The van der Waals surface area contributed by atoms with Gasteiger partial charge in [-0.1, -0.05) is 25.1 Å². The van der Waals surface area contributed by atoms with Gasteiger partial charge in [-0.15, -0.1) is 0 Å². The smallest absolute Gasteiger partial charge is 0.124 e. The summed E-state index contributed by atoms with van der Waals surface area (Å²) in [5.41, 5.74) is 2.91. The number of benzene rings is 2. The van der Waals surface area contributed by atoms with Crippen molar-refractivity contribution in [3.05, 3.63) is 57.2 Å². The maximum atomic E-state index is 9.74. The monoisotopic (exact) mass is 351 g/mol. The molecule has 0 fully saturated rings. The van der Waals surface area contributed by atoms with Crippen molar-refractivity contribution in [1.82, 2.24) is 0 Å². The van der Waals surface area contributed by atoms with Gasteiger partial charge in [-0.3, -0.25) is 4.99 Å². The van der Waals surface area contributed by atoms with Crippen LogP contribution in [0.5, 0.6) is 5.75 Å². The minimum Gasteiger partial charge on any atom is -0.507 e. The average molecular weight is 351 g/mol. The SMILES string of the molecule is CCc1ccccc1N=Cc1cc(I)ccc1O. The second-order valence-corrected chi connectivity index (χ2v) is 5.19. The first-order valence-electron chi connectivity index (χ1n) is 5.81. The Morgan fingerprint density at radius 3 is 2.78 bits per heavy atom. The average Bonchev–Trinajstić information content (AvgIpc) is 2.40. The summed E-state index contributed by atoms with van der Waals surface area (Å²) in [4.78, 5) is 4.46. The summed E-state index contributed by atoms with van der Waals surface area (Å²) in [5, 5.41) is 9.74. The number of rotatable bonds is 3. The molecule has 0 aliphatic carbocycles. The summed E-state index contributed by atoms with van der Waals surface area (Å²) in [6, 6.07) is 13.5. The fourth-order valence-corrected chi connectivity index (χ4v) is 2.22. The molecule has 0 aromatic heterocycles. The third-order valence-corrected chi connectivity index (χ3v) is 3.38. The number of hydrogen-bond acceptors (Lipinski definition) is 2. The van der Waals surface area contributed by atoms with Crippen molar-refractivity contribution in [2.75, 3.05) is 0 Å². The lowest BCUT2D eigenvalue weighted by Gasteiger charge is -2.02. The summed E-state index contributed by atoms with van der Waals surface area (Å²) in [6.07, 6.45) is 2.66. The van der Waals surface area contributed by atoms with Crippen LogP contribution in [-0.4, -0.2) is 11.3 Å². The fourth-order valence-electron chi connectivity index (χ4n) is 1.70. The number of aryl methyl sites for hydroxylation is 1. The molecule has 2 nitrogen and oxygen atoms in total. The van der Waals surface area contributed by atoms with Crippen LogP contribution in [0.3, 0.4) is 0 Å². The van der Waals surface area contributed by atoms with Crippen molar-refractivity contribution in [3.63, 3.8) is 0 Å². The van der Waals surface area contributed by atoms with E-state index in [2.05, 4.69) is 40.6 Å². The van der Waals surface area contributed by atoms with Crippen LogP contribution in [0.15, 0.2) is 47.5 Å². The first-order chi connectivity index (χ1) is 8.70. The third-order valence-electron chi connectivity index (χ3n) is 2.70. The molecule has 0 saturated heterocycles. The molecule has 1 N–H and O–H groups in total. The van der Waals surface area contributed by atoms with Crippen LogP contribution in [0.25, 0.3) is 0 Å². The number of nitrogens with zero attached hydrogens (tertiary/aromatic N) is 1. The van der Waals surface area contributed by atoms with Gasteiger partial charge in [0, 0.05) is 15.3 Å². The predicted molar refractivity (Wildman–Crippen MR) is 83.9 cm³/mol. The van der Waals surface area contributed by atoms with E-state index in [0.717, 1.165) is 21.2 Å². The van der Waals surface area contributed by atoms with Crippen LogP contribution >= 0.6 is 22.6 Å². The highest BCUT2D eigenvalue weighted by Gasteiger charge is 2.00. The van der Waals surface area contributed by atoms with Crippen LogP contribution in [0.1, 0.15) is 18.1 Å². The molecule has 0 unspecified atom stereocenters. The Balaban J connectivity index is 2.33. The van der Waals surface area contributed by atoms with Crippen molar-refractivity contribution in [3.8, 4) is 5.75 Å². The Hall–Kier alpha value is -1.36. The van der Waals surface area contributed by atoms with Crippen molar-refractivity contribution in [1.29, 1.82) is 0 Å². The van der Waals surface area contributed by atoms with Gasteiger partial charge in [-0.2, -0.15) is 0 Å². The molecule has 0 aliphatic rings. The number of halogens is 1. The number of aliphatic imine (C=N–C) groups is 1. The van der Waals surface area contributed by atoms with Gasteiger partial charge < -0.3 is 5.11 Å². The van der Waals surface area contributed by atoms with Gasteiger partial charge in [-0.05, 0) is 58.8 Å². The van der Waals surface area contributed by atoms with Gasteiger partial charge >= 0.3 is 0 Å². The number of hydrogen-bond donors (Lipinski definition) is 1. The van der Waals surface area contributed by atoms with Crippen LogP contribution in [0.2, 0.25) is 0 Å². The number of para-hydroxylation sites is 1. The molecule has 0 amide bonds. The standard InChI is InChI=1S/C15H14INO/c1-2-11-5-3-4-6-14(11)17-10-12-9-13(16)7-8-15(12)18/h3-10,18H,2H2,1H3. The van der Waals surface area contributed by atoms with E-state index in [9.17, 15) is 5.11 Å². The highest BCUT2D eigenvalue weighted by Crippen LogP contribution is 2.22. The Labute approximate surface area is 121 Å². The second kappa shape index (κ2) is 6.00. The maximum absolute atomic E-state index is 9.74. The molecule has 0 bridgehead atoms. The first-order valence-corrected chi connectivity index (χ1v) is 6.89. The Morgan fingerprint density at radius 1 is 1.22 bits per heavy atom. The molecule has 0 heterocycles. The fraction of sp³-hybridized carbons (Fsp3) is 0.133. The minimum absolute atomic E-state index is 0.258. The zero-order valence-corrected chi connectivity index (χ0v) is 12.3. The van der Waals surface area contributed by atoms with Crippen molar-refractivity contribution in [2.24, 2.45) is 4.99 Å². The molecule has 0 aliphatic heterocycles. The molecule has 0 spiro atoms. The molecule has 3 heteroatoms. The molecule has 2 rings (SSSR count). The minimum atomic E-state index is 0.258. The van der Waals surface area contributed by atoms with E-state index >= 15 is 0 Å². The molecule has 2 aromatic carbocycles. The van der Waals surface area contributed by atoms with Crippen LogP contribution < -0.4 is 0 Å². The molecular formula is C15H14INO. The van der Waals surface area contributed by atoms with Crippen molar-refractivity contribution >= 4 is 34.5 Å². The number of phenols is 1. The highest BCUT2D eigenvalue weighted by atomic mass is 127. The molecule has 18 heavy (non-hydrogen) atoms. The second-order valence-electron chi connectivity index (χ2n) is 3.94. The molecule has 92 valence electrons. The number of phenolic OH excluding ortho intramolecular Hbond substituents is 1. The summed E-state index contributed by atoms with van der Waals surface area (Å²) >= 11 is 2.22. The van der Waals surface area contributed by atoms with E-state index in [1.165, 1.54) is 5.56 Å². The van der Waals surface area contributed by atoms with Gasteiger partial charge in [0.05, 0.1) is 5.69 Å². The van der Waals surface area contributed by atoms with E-state index in [1.807, 2.05) is 30.3 Å². The molecular weight excluding hydrogens is 337 g/mol. The zero-order valence-electron chi connectivity index (χ0n) is 10.1. The van der Waals surface area contributed by atoms with Gasteiger partial charge in [0.1, 0.15) is 5.75 Å². The third kappa shape index (κ3) is 3.10. The normalized spacial score (nSPS) is 11.0. The van der Waals surface area contributed by atoms with Gasteiger partial charge in [-0.25, -0.2) is 0 Å². The van der Waals surface area contributed by atoms with Crippen molar-refractivity contribution < 1.29 is 5.11 Å². The Morgan fingerprint density at radius 2 is 2.00 bits per heavy atom. The molecule has 0 radical (unpaired) electrons. The van der Waals surface area contributed by atoms with Crippen molar-refractivity contribution in [2.45, 2.75) is 13.3 Å². The summed E-state index contributed by atoms with van der Waals surface area (Å²) in [5.74, 6) is 0.258. The lowest BCUT2D eigenvalue weighted by molar-refractivity contribution is 0.474. The van der Waals surface area contributed by atoms with Crippen LogP contribution in [-0.2, 0) is 6.42 Å². The van der Waals surface area contributed by atoms with Gasteiger partial charge in [0.15, 0.2) is 0 Å². The quantitative estimate of drug-likeness (QED) is 0.649. The zero-order chi connectivity index (χ0) is 13.0. The predicted octanol–water partition coefficient (Wildman–Crippen LogP) is 4.31. The van der Waals surface area contributed by atoms with Gasteiger partial charge in [0.2, 0.25) is 0 Å². The Bertz CT molecular complexity index is 578. The highest BCUT2D eigenvalue weighted by molar-refractivity contribution is 14.1. The Kier molecular flexibility index (Phi) is 4.36. The summed E-state index contributed by atoms with van der Waals surface area (Å²) in [6.45, 7) is 2.11. The van der Waals surface area contributed by atoms with Crippen LogP contribution in [0.4, 0.5) is 5.69 Å². The maximum Gasteiger partial charge on any atom is 0.124 e. The lowest BCUT2D eigenvalue weighted by atomic mass is 10.1. The van der Waals surface area contributed by atoms with E-state index < -0.39 is 0 Å². The van der Waals surface area contributed by atoms with Gasteiger partial charge in [0.25, 0.3) is 0 Å². The summed E-state index contributed by atoms with van der Waals surface area (Å²) < 4.78 is 1.08. The largest absolute Gasteiger partial charge is 0.507 e. The summed E-state index contributed by atoms with van der Waals surface area (Å²) in [7, 11) is 0. The number of aromatic hydroxyl groups is 1.